The number of nitrogens with one attached hydrogen (secondary N) is 1. The number of aliphatic imine (C=N–C) groups is 3. The summed E-state index contributed by atoms with van der Waals surface area (Å²) in [4.78, 5) is 28.7. The van der Waals surface area contributed by atoms with Crippen LogP contribution in [0.4, 0.5) is 0 Å². The highest BCUT2D eigenvalue weighted by Crippen LogP contribution is 2.47. The standard InChI is InChI=1S/C53H76N4O4/c1-9-10-11-12-13-14-15-16-17-18-19-20-21-22-23-24-27-61-49(60)26-25-39-34(4)43-30-44-36(6)50(38(8)58)47(55-44)32-42-35(5)40(28-33(2)3)46(54-42)31-45-37(7)51-48(59)29-41(52(39)56-43)53(51)57-45/h30-34,38-39,56,58-59H,9-29H2,1-8H3/t34-,38?,39-/m0/s1. The van der Waals surface area contributed by atoms with E-state index in [4.69, 9.17) is 19.7 Å². The van der Waals surface area contributed by atoms with E-state index in [0.717, 1.165) is 98.3 Å². The van der Waals surface area contributed by atoms with Crippen molar-refractivity contribution in [1.82, 2.24) is 5.32 Å². The van der Waals surface area contributed by atoms with Crippen LogP contribution < -0.4 is 5.32 Å². The van der Waals surface area contributed by atoms with Crippen LogP contribution in [0.25, 0.3) is 0 Å². The van der Waals surface area contributed by atoms with Gasteiger partial charge in [0.1, 0.15) is 5.76 Å². The number of hydrogen-bond donors (Lipinski definition) is 3. The maximum atomic E-state index is 13.2. The first-order valence-corrected chi connectivity index (χ1v) is 24.2. The van der Waals surface area contributed by atoms with Crippen molar-refractivity contribution < 1.29 is 19.7 Å². The highest BCUT2D eigenvalue weighted by molar-refractivity contribution is 6.21. The van der Waals surface area contributed by atoms with Crippen LogP contribution in [0.5, 0.6) is 0 Å². The van der Waals surface area contributed by atoms with Gasteiger partial charge in [-0.1, -0.05) is 124 Å². The molecule has 6 aliphatic rings. The zero-order chi connectivity index (χ0) is 43.6. The molecule has 0 amide bonds. The molecule has 8 heteroatoms. The summed E-state index contributed by atoms with van der Waals surface area (Å²) >= 11 is 0. The predicted octanol–water partition coefficient (Wildman–Crippen LogP) is 13.3. The van der Waals surface area contributed by atoms with Crippen molar-refractivity contribution in [3.8, 4) is 0 Å². The number of ether oxygens (including phenoxy) is 1. The summed E-state index contributed by atoms with van der Waals surface area (Å²) in [5.74, 6) is 0.623. The molecule has 61 heavy (non-hydrogen) atoms. The second-order valence-electron chi connectivity index (χ2n) is 19.0. The fourth-order valence-electron chi connectivity index (χ4n) is 10.1. The predicted molar refractivity (Wildman–Crippen MR) is 253 cm³/mol. The lowest BCUT2D eigenvalue weighted by Crippen LogP contribution is -2.16. The zero-order valence-electron chi connectivity index (χ0n) is 38.9. The van der Waals surface area contributed by atoms with Gasteiger partial charge in [0.2, 0.25) is 0 Å². The monoisotopic (exact) mass is 833 g/mol. The molecule has 3 N–H and O–H groups in total. The van der Waals surface area contributed by atoms with Crippen molar-refractivity contribution in [2.75, 3.05) is 6.61 Å². The van der Waals surface area contributed by atoms with Gasteiger partial charge >= 0.3 is 5.97 Å². The van der Waals surface area contributed by atoms with E-state index < -0.39 is 6.10 Å². The summed E-state index contributed by atoms with van der Waals surface area (Å²) in [5.41, 5.74) is 13.6. The summed E-state index contributed by atoms with van der Waals surface area (Å²) < 4.78 is 5.79. The third-order valence-corrected chi connectivity index (χ3v) is 13.7. The van der Waals surface area contributed by atoms with Gasteiger partial charge in [-0.15, -0.1) is 0 Å². The molecule has 332 valence electrons. The van der Waals surface area contributed by atoms with E-state index in [1.54, 1.807) is 6.92 Å². The molecule has 0 saturated carbocycles. The lowest BCUT2D eigenvalue weighted by Gasteiger charge is -2.17. The molecule has 0 aromatic rings. The minimum absolute atomic E-state index is 0.0140. The number of carbonyl (C=O) groups excluding carboxylic acids is 1. The Morgan fingerprint density at radius 1 is 0.787 bits per heavy atom. The zero-order valence-corrected chi connectivity index (χ0v) is 38.9. The largest absolute Gasteiger partial charge is 0.511 e. The van der Waals surface area contributed by atoms with E-state index >= 15 is 0 Å². The van der Waals surface area contributed by atoms with Crippen molar-refractivity contribution in [2.24, 2.45) is 32.7 Å². The lowest BCUT2D eigenvalue weighted by molar-refractivity contribution is -0.144. The summed E-state index contributed by atoms with van der Waals surface area (Å²) in [7, 11) is 0. The van der Waals surface area contributed by atoms with E-state index in [0.29, 0.717) is 37.5 Å². The molecule has 3 atom stereocenters. The molecule has 1 unspecified atom stereocenters. The average Bonchev–Trinajstić information content (AvgIpc) is 3.97. The smallest absolute Gasteiger partial charge is 0.305 e. The molecule has 1 fully saturated rings. The first-order valence-electron chi connectivity index (χ1n) is 24.2. The van der Waals surface area contributed by atoms with Crippen molar-refractivity contribution in [2.45, 2.75) is 190 Å². The van der Waals surface area contributed by atoms with Gasteiger partial charge < -0.3 is 20.3 Å². The normalized spacial score (nSPS) is 21.4. The average molecular weight is 833 g/mol. The van der Waals surface area contributed by atoms with Gasteiger partial charge in [-0.2, -0.15) is 0 Å². The third kappa shape index (κ3) is 11.3. The topological polar surface area (TPSA) is 116 Å². The SMILES string of the molecule is CCCCCCCCCCCCCCCCCCOC(=O)CC[C@@H]1C2=C3CC(O)=C4C3=NC(=C4C)C=C3N=C(C=C4N=C(C=C(N2)[C@H]1C)C(C)=C4C(C)O)C(C)=C3CC(C)C. The van der Waals surface area contributed by atoms with Crippen LogP contribution in [0.2, 0.25) is 0 Å². The highest BCUT2D eigenvalue weighted by atomic mass is 16.5. The van der Waals surface area contributed by atoms with Gasteiger partial charge in [-0.05, 0) is 93.4 Å². The van der Waals surface area contributed by atoms with Crippen molar-refractivity contribution >= 4 is 23.1 Å². The Hall–Kier alpha value is -4.04. The lowest BCUT2D eigenvalue weighted by atomic mass is 9.86. The van der Waals surface area contributed by atoms with E-state index in [2.05, 4.69) is 52.1 Å². The van der Waals surface area contributed by atoms with Crippen LogP contribution in [0.15, 0.2) is 106 Å². The molecular formula is C53H76N4O4. The molecule has 5 aliphatic heterocycles. The van der Waals surface area contributed by atoms with Crippen molar-refractivity contribution in [3.63, 3.8) is 0 Å². The van der Waals surface area contributed by atoms with E-state index in [1.165, 1.54) is 95.5 Å². The molecule has 6 rings (SSSR count). The van der Waals surface area contributed by atoms with Crippen molar-refractivity contribution in [3.05, 3.63) is 91.5 Å². The Kier molecular flexibility index (Phi) is 16.6. The highest BCUT2D eigenvalue weighted by Gasteiger charge is 2.41. The second kappa shape index (κ2) is 21.8. The summed E-state index contributed by atoms with van der Waals surface area (Å²) in [6.07, 6.45) is 28.7. The fourth-order valence-corrected chi connectivity index (χ4v) is 10.1. The first kappa shape index (κ1) is 46.5. The Morgan fingerprint density at radius 3 is 1.98 bits per heavy atom. The quantitative estimate of drug-likeness (QED) is 0.0700. The number of allylic oxidation sites excluding steroid dienone is 11. The van der Waals surface area contributed by atoms with E-state index in [1.807, 2.05) is 19.9 Å². The number of esters is 1. The molecule has 1 aliphatic carbocycles. The van der Waals surface area contributed by atoms with Gasteiger partial charge in [0.25, 0.3) is 0 Å². The van der Waals surface area contributed by atoms with Crippen LogP contribution in [0, 0.1) is 17.8 Å². The molecular weight excluding hydrogens is 757 g/mol. The van der Waals surface area contributed by atoms with E-state index in [9.17, 15) is 15.0 Å². The van der Waals surface area contributed by atoms with Crippen LogP contribution in [0.1, 0.15) is 184 Å². The minimum atomic E-state index is -0.710. The molecule has 0 spiro atoms. The molecule has 0 aromatic carbocycles. The maximum absolute atomic E-state index is 13.2. The second-order valence-corrected chi connectivity index (χ2v) is 19.0. The van der Waals surface area contributed by atoms with Gasteiger partial charge in [-0.3, -0.25) is 4.79 Å². The Bertz CT molecular complexity index is 2020. The number of aliphatic hydroxyl groups is 2. The number of fused-ring (bicyclic) bond motifs is 5. The first-order chi connectivity index (χ1) is 29.4. The third-order valence-electron chi connectivity index (χ3n) is 13.7. The summed E-state index contributed by atoms with van der Waals surface area (Å²) in [6.45, 7) is 17.4. The van der Waals surface area contributed by atoms with Crippen LogP contribution >= 0.6 is 0 Å². The number of hydrogen-bond acceptors (Lipinski definition) is 8. The summed E-state index contributed by atoms with van der Waals surface area (Å²) in [6, 6.07) is 0. The van der Waals surface area contributed by atoms with E-state index in [-0.39, 0.29) is 17.8 Å². The molecule has 1 saturated heterocycles. The molecule has 8 bridgehead atoms. The Balaban J connectivity index is 1.10. The number of aliphatic hydroxyl groups excluding tert-OH is 2. The Labute approximate surface area is 367 Å². The van der Waals surface area contributed by atoms with Crippen LogP contribution in [-0.2, 0) is 9.53 Å². The van der Waals surface area contributed by atoms with Crippen LogP contribution in [0.3, 0.4) is 0 Å². The molecule has 5 heterocycles. The number of unbranched alkanes of at least 4 members (excludes halogenated alkanes) is 15. The van der Waals surface area contributed by atoms with Gasteiger partial charge in [0, 0.05) is 52.8 Å². The van der Waals surface area contributed by atoms with Gasteiger partial charge in [-0.25, -0.2) is 15.0 Å². The number of rotatable bonds is 23. The van der Waals surface area contributed by atoms with Crippen molar-refractivity contribution in [1.29, 1.82) is 0 Å². The number of carbonyl (C=O) groups is 1. The fraction of sp³-hybridized carbons (Fsp3) is 0.623. The molecule has 8 nitrogen and oxygen atoms in total. The minimum Gasteiger partial charge on any atom is -0.511 e. The summed E-state index contributed by atoms with van der Waals surface area (Å²) in [5, 5.41) is 26.3. The Morgan fingerprint density at radius 2 is 1.38 bits per heavy atom. The van der Waals surface area contributed by atoms with Gasteiger partial charge in [0.15, 0.2) is 0 Å². The molecule has 0 radical (unpaired) electrons. The number of nitrogens with zero attached hydrogens (tertiary/aromatic N) is 3. The molecule has 0 aromatic heterocycles. The van der Waals surface area contributed by atoms with Crippen LogP contribution in [-0.4, -0.2) is 46.0 Å². The maximum Gasteiger partial charge on any atom is 0.305 e. The van der Waals surface area contributed by atoms with Gasteiger partial charge in [0.05, 0.1) is 46.9 Å².